The van der Waals surface area contributed by atoms with Crippen LogP contribution in [0.3, 0.4) is 0 Å². The van der Waals surface area contributed by atoms with E-state index >= 15 is 0 Å². The molecule has 1 amide bonds. The van der Waals surface area contributed by atoms with E-state index < -0.39 is 10.7 Å². The van der Waals surface area contributed by atoms with Crippen LogP contribution in [-0.4, -0.2) is 42.5 Å². The lowest BCUT2D eigenvalue weighted by molar-refractivity contribution is -0.387. The first kappa shape index (κ1) is 19.1. The maximum Gasteiger partial charge on any atom is 0.283 e. The van der Waals surface area contributed by atoms with Crippen molar-refractivity contribution < 1.29 is 14.5 Å². The van der Waals surface area contributed by atoms with Crippen LogP contribution in [-0.2, 0) is 0 Å². The smallest absolute Gasteiger partial charge is 0.283 e. The number of hydrogen-bond acceptors (Lipinski definition) is 6. The van der Waals surface area contributed by atoms with E-state index in [1.807, 2.05) is 0 Å². The highest BCUT2D eigenvalue weighted by Gasteiger charge is 2.23. The molecule has 8 heteroatoms. The Kier molecular flexibility index (Phi) is 5.88. The molecule has 2 aromatic carbocycles. The highest BCUT2D eigenvalue weighted by molar-refractivity contribution is 7.98. The number of ketones is 1. The van der Waals surface area contributed by atoms with Gasteiger partial charge in [0.25, 0.3) is 11.6 Å². The zero-order valence-electron chi connectivity index (χ0n) is 14.7. The molecule has 27 heavy (non-hydrogen) atoms. The van der Waals surface area contributed by atoms with Gasteiger partial charge in [0, 0.05) is 42.7 Å². The van der Waals surface area contributed by atoms with Crippen molar-refractivity contribution in [1.29, 1.82) is 0 Å². The number of nitrogens with one attached hydrogen (secondary N) is 2. The number of amides is 1. The van der Waals surface area contributed by atoms with Crippen molar-refractivity contribution >= 4 is 29.1 Å². The molecular weight excluding hydrogens is 366 g/mol. The van der Waals surface area contributed by atoms with Gasteiger partial charge in [-0.1, -0.05) is 18.2 Å². The number of carbonyl (C=O) groups is 2. The first-order chi connectivity index (χ1) is 13.0. The second kappa shape index (κ2) is 8.32. The Morgan fingerprint density at radius 3 is 2.52 bits per heavy atom. The van der Waals surface area contributed by atoms with Gasteiger partial charge in [0.1, 0.15) is 0 Å². The molecular formula is C19H19N3O4S. The number of carbonyl (C=O) groups excluding carboxylic acids is 2. The molecule has 0 unspecified atom stereocenters. The van der Waals surface area contributed by atoms with Gasteiger partial charge < -0.3 is 10.6 Å². The lowest BCUT2D eigenvalue weighted by Crippen LogP contribution is -2.48. The molecule has 1 saturated heterocycles. The largest absolute Gasteiger partial charge is 0.352 e. The van der Waals surface area contributed by atoms with Crippen LogP contribution in [0.2, 0.25) is 0 Å². The molecule has 2 aromatic rings. The molecule has 0 radical (unpaired) electrons. The van der Waals surface area contributed by atoms with Crippen LogP contribution in [0.15, 0.2) is 47.4 Å². The van der Waals surface area contributed by atoms with E-state index in [2.05, 4.69) is 10.6 Å². The van der Waals surface area contributed by atoms with E-state index in [1.54, 1.807) is 42.7 Å². The average Bonchev–Trinajstić information content (AvgIpc) is 2.65. The fourth-order valence-electron chi connectivity index (χ4n) is 2.83. The van der Waals surface area contributed by atoms with Crippen LogP contribution in [0.1, 0.15) is 26.3 Å². The molecule has 0 aromatic heterocycles. The molecule has 2 N–H and O–H groups in total. The summed E-state index contributed by atoms with van der Waals surface area (Å²) in [6, 6.07) is 10.9. The predicted octanol–water partition coefficient (Wildman–Crippen LogP) is 2.50. The van der Waals surface area contributed by atoms with Crippen LogP contribution < -0.4 is 10.6 Å². The van der Waals surface area contributed by atoms with Gasteiger partial charge in [0.2, 0.25) is 0 Å². The van der Waals surface area contributed by atoms with Crippen LogP contribution in [0.4, 0.5) is 5.69 Å². The van der Waals surface area contributed by atoms with E-state index in [0.29, 0.717) is 17.4 Å². The predicted molar refractivity (Wildman–Crippen MR) is 103 cm³/mol. The fraction of sp³-hybridized carbons (Fsp3) is 0.263. The average molecular weight is 385 g/mol. The van der Waals surface area contributed by atoms with E-state index in [9.17, 15) is 19.7 Å². The van der Waals surface area contributed by atoms with Crippen molar-refractivity contribution in [3.05, 3.63) is 69.3 Å². The second-order valence-electron chi connectivity index (χ2n) is 6.25. The molecule has 1 aliphatic heterocycles. The number of nitro benzene ring substituents is 1. The molecule has 1 heterocycles. The Bertz CT molecular complexity index is 896. The zero-order chi connectivity index (χ0) is 19.4. The van der Waals surface area contributed by atoms with Crippen LogP contribution in [0.25, 0.3) is 0 Å². The molecule has 7 nitrogen and oxygen atoms in total. The summed E-state index contributed by atoms with van der Waals surface area (Å²) in [6.45, 7) is 2.28. The van der Waals surface area contributed by atoms with E-state index in [0.717, 1.165) is 13.1 Å². The molecule has 0 aliphatic carbocycles. The number of thioether (sulfide) groups is 1. The van der Waals surface area contributed by atoms with Gasteiger partial charge in [-0.15, -0.1) is 11.8 Å². The molecule has 1 fully saturated rings. The van der Waals surface area contributed by atoms with Crippen molar-refractivity contribution in [2.24, 2.45) is 5.92 Å². The number of hydrogen-bond donors (Lipinski definition) is 2. The van der Waals surface area contributed by atoms with Gasteiger partial charge in [-0.3, -0.25) is 19.7 Å². The van der Waals surface area contributed by atoms with Crippen molar-refractivity contribution in [1.82, 2.24) is 10.6 Å². The number of benzene rings is 2. The number of rotatable bonds is 7. The Morgan fingerprint density at radius 1 is 1.22 bits per heavy atom. The minimum absolute atomic E-state index is 0.118. The summed E-state index contributed by atoms with van der Waals surface area (Å²) in [5.74, 6) is -0.332. The Morgan fingerprint density at radius 2 is 1.93 bits per heavy atom. The summed E-state index contributed by atoms with van der Waals surface area (Å²) < 4.78 is 0. The number of nitro groups is 1. The molecule has 0 spiro atoms. The van der Waals surface area contributed by atoms with Gasteiger partial charge in [-0.25, -0.2) is 0 Å². The highest BCUT2D eigenvalue weighted by Crippen LogP contribution is 2.29. The van der Waals surface area contributed by atoms with Gasteiger partial charge in [-0.05, 0) is 24.5 Å². The minimum atomic E-state index is -0.506. The van der Waals surface area contributed by atoms with Crippen molar-refractivity contribution in [3.8, 4) is 0 Å². The van der Waals surface area contributed by atoms with E-state index in [4.69, 9.17) is 0 Å². The minimum Gasteiger partial charge on any atom is -0.352 e. The Hall–Kier alpha value is -2.71. The van der Waals surface area contributed by atoms with Crippen molar-refractivity contribution in [3.63, 3.8) is 0 Å². The second-order valence-corrected chi connectivity index (χ2v) is 7.10. The van der Waals surface area contributed by atoms with Crippen LogP contribution in [0.5, 0.6) is 0 Å². The van der Waals surface area contributed by atoms with Crippen LogP contribution in [0, 0.1) is 16.0 Å². The summed E-state index contributed by atoms with van der Waals surface area (Å²) in [5, 5.41) is 17.3. The van der Waals surface area contributed by atoms with Crippen LogP contribution >= 0.6 is 11.8 Å². The molecule has 0 bridgehead atoms. The summed E-state index contributed by atoms with van der Waals surface area (Å²) in [5.41, 5.74) is 0.565. The molecule has 0 atom stereocenters. The third-order valence-corrected chi connectivity index (χ3v) is 5.26. The Labute approximate surface area is 160 Å². The maximum atomic E-state index is 12.9. The molecule has 3 rings (SSSR count). The summed E-state index contributed by atoms with van der Waals surface area (Å²) in [7, 11) is 0. The van der Waals surface area contributed by atoms with Gasteiger partial charge in [0.05, 0.1) is 15.4 Å². The van der Waals surface area contributed by atoms with Gasteiger partial charge in [0.15, 0.2) is 5.78 Å². The van der Waals surface area contributed by atoms with Gasteiger partial charge >= 0.3 is 0 Å². The van der Waals surface area contributed by atoms with Crippen molar-refractivity contribution in [2.75, 3.05) is 25.9 Å². The highest BCUT2D eigenvalue weighted by atomic mass is 32.2. The molecule has 0 saturated carbocycles. The lowest BCUT2D eigenvalue weighted by Gasteiger charge is -2.27. The van der Waals surface area contributed by atoms with E-state index in [-0.39, 0.29) is 28.3 Å². The summed E-state index contributed by atoms with van der Waals surface area (Å²) in [6.07, 6.45) is 1.74. The fourth-order valence-corrected chi connectivity index (χ4v) is 3.38. The third kappa shape index (κ3) is 4.17. The zero-order valence-corrected chi connectivity index (χ0v) is 15.5. The quantitative estimate of drug-likeness (QED) is 0.329. The summed E-state index contributed by atoms with van der Waals surface area (Å²) in [4.78, 5) is 36.7. The number of nitrogens with zero attached hydrogens (tertiary/aromatic N) is 1. The lowest BCUT2D eigenvalue weighted by atomic mass is 9.97. The molecule has 140 valence electrons. The first-order valence-electron chi connectivity index (χ1n) is 8.46. The van der Waals surface area contributed by atoms with Gasteiger partial charge in [-0.2, -0.15) is 0 Å². The SMILES string of the molecule is CSc1ccc(C(=O)c2ccccc2C(=O)NCC2CNC2)cc1[N+](=O)[O-]. The monoisotopic (exact) mass is 385 g/mol. The maximum absolute atomic E-state index is 12.9. The molecule has 1 aliphatic rings. The third-order valence-electron chi connectivity index (χ3n) is 4.47. The Balaban J connectivity index is 1.87. The van der Waals surface area contributed by atoms with E-state index in [1.165, 1.54) is 17.8 Å². The topological polar surface area (TPSA) is 101 Å². The normalized spacial score (nSPS) is 13.7. The standard InChI is InChI=1S/C19H19N3O4S/c1-27-17-7-6-13(8-16(17)22(25)26)18(23)14-4-2-3-5-15(14)19(24)21-11-12-9-20-10-12/h2-8,12,20H,9-11H2,1H3,(H,21,24). The van der Waals surface area contributed by atoms with Crippen molar-refractivity contribution in [2.45, 2.75) is 4.90 Å². The summed E-state index contributed by atoms with van der Waals surface area (Å²) >= 11 is 1.24. The first-order valence-corrected chi connectivity index (χ1v) is 9.68.